The van der Waals surface area contributed by atoms with E-state index in [1.54, 1.807) is 11.3 Å². The number of carbonyl (C=O) groups excluding carboxylic acids is 1. The van der Waals surface area contributed by atoms with E-state index in [1.807, 2.05) is 34.5 Å². The number of aryl methyl sites for hydroxylation is 1. The second kappa shape index (κ2) is 8.93. The third-order valence-corrected chi connectivity index (χ3v) is 4.82. The predicted molar refractivity (Wildman–Crippen MR) is 93.4 cm³/mol. The maximum Gasteiger partial charge on any atom is 0.222 e. The number of thiophene rings is 1. The SMILES string of the molecule is NCCN(CCc1ccccc1)C(=O)CCc1cc(Cl)cs1. The second-order valence-electron chi connectivity index (χ2n) is 5.14. The predicted octanol–water partition coefficient (Wildman–Crippen LogP) is 3.36. The van der Waals surface area contributed by atoms with Crippen LogP contribution in [0.4, 0.5) is 0 Å². The Kier molecular flexibility index (Phi) is 6.90. The third kappa shape index (κ3) is 5.44. The van der Waals surface area contributed by atoms with Crippen molar-refractivity contribution in [2.24, 2.45) is 5.73 Å². The number of benzene rings is 1. The molecular formula is C17H21ClN2OS. The van der Waals surface area contributed by atoms with E-state index in [9.17, 15) is 4.79 Å². The molecule has 0 aliphatic carbocycles. The van der Waals surface area contributed by atoms with Crippen molar-refractivity contribution >= 4 is 28.8 Å². The highest BCUT2D eigenvalue weighted by Gasteiger charge is 2.13. The van der Waals surface area contributed by atoms with Crippen molar-refractivity contribution in [1.29, 1.82) is 0 Å². The van der Waals surface area contributed by atoms with Crippen LogP contribution in [0.25, 0.3) is 0 Å². The molecule has 1 aromatic carbocycles. The largest absolute Gasteiger partial charge is 0.341 e. The number of nitrogens with zero attached hydrogens (tertiary/aromatic N) is 1. The fourth-order valence-corrected chi connectivity index (χ4v) is 3.38. The summed E-state index contributed by atoms with van der Waals surface area (Å²) in [5, 5.41) is 2.64. The summed E-state index contributed by atoms with van der Waals surface area (Å²) in [6.45, 7) is 1.81. The lowest BCUT2D eigenvalue weighted by Gasteiger charge is -2.22. The quantitative estimate of drug-likeness (QED) is 0.803. The molecule has 0 saturated heterocycles. The number of hydrogen-bond acceptors (Lipinski definition) is 3. The van der Waals surface area contributed by atoms with Crippen LogP contribution < -0.4 is 5.73 Å². The summed E-state index contributed by atoms with van der Waals surface area (Å²) in [7, 11) is 0. The molecule has 0 unspecified atom stereocenters. The van der Waals surface area contributed by atoms with Gasteiger partial charge >= 0.3 is 0 Å². The zero-order chi connectivity index (χ0) is 15.8. The van der Waals surface area contributed by atoms with Gasteiger partial charge in [0.25, 0.3) is 0 Å². The first-order chi connectivity index (χ1) is 10.7. The minimum Gasteiger partial charge on any atom is -0.341 e. The topological polar surface area (TPSA) is 46.3 Å². The van der Waals surface area contributed by atoms with Crippen LogP contribution in [-0.4, -0.2) is 30.4 Å². The lowest BCUT2D eigenvalue weighted by Crippen LogP contribution is -2.37. The molecule has 2 aromatic rings. The highest BCUT2D eigenvalue weighted by molar-refractivity contribution is 7.10. The molecule has 0 fully saturated rings. The van der Waals surface area contributed by atoms with Gasteiger partial charge in [0.1, 0.15) is 0 Å². The van der Waals surface area contributed by atoms with E-state index in [1.165, 1.54) is 5.56 Å². The first kappa shape index (κ1) is 17.0. The monoisotopic (exact) mass is 336 g/mol. The van der Waals surface area contributed by atoms with Gasteiger partial charge < -0.3 is 10.6 Å². The number of halogens is 1. The van der Waals surface area contributed by atoms with Crippen LogP contribution in [0.1, 0.15) is 16.9 Å². The fraction of sp³-hybridized carbons (Fsp3) is 0.353. The number of amides is 1. The average Bonchev–Trinajstić information content (AvgIpc) is 2.95. The van der Waals surface area contributed by atoms with Crippen molar-refractivity contribution in [3.8, 4) is 0 Å². The van der Waals surface area contributed by atoms with Crippen LogP contribution in [-0.2, 0) is 17.6 Å². The maximum absolute atomic E-state index is 12.4. The van der Waals surface area contributed by atoms with Crippen molar-refractivity contribution in [2.45, 2.75) is 19.3 Å². The number of carbonyl (C=O) groups is 1. The van der Waals surface area contributed by atoms with Gasteiger partial charge in [-0.25, -0.2) is 0 Å². The second-order valence-corrected chi connectivity index (χ2v) is 6.57. The van der Waals surface area contributed by atoms with E-state index < -0.39 is 0 Å². The molecule has 118 valence electrons. The molecule has 1 amide bonds. The summed E-state index contributed by atoms with van der Waals surface area (Å²) in [5.41, 5.74) is 6.88. The van der Waals surface area contributed by atoms with Crippen LogP contribution in [0.2, 0.25) is 5.02 Å². The Balaban J connectivity index is 1.84. The molecule has 2 rings (SSSR count). The molecule has 2 N–H and O–H groups in total. The fourth-order valence-electron chi connectivity index (χ4n) is 2.30. The highest BCUT2D eigenvalue weighted by Crippen LogP contribution is 2.20. The smallest absolute Gasteiger partial charge is 0.222 e. The molecule has 3 nitrogen and oxygen atoms in total. The highest BCUT2D eigenvalue weighted by atomic mass is 35.5. The summed E-state index contributed by atoms with van der Waals surface area (Å²) in [5.74, 6) is 0.158. The standard InChI is InChI=1S/C17H21ClN2OS/c18-15-12-16(22-13-15)6-7-17(21)20(11-9-19)10-8-14-4-2-1-3-5-14/h1-5,12-13H,6-11,19H2. The third-order valence-electron chi connectivity index (χ3n) is 3.47. The van der Waals surface area contributed by atoms with Gasteiger partial charge in [-0.05, 0) is 24.5 Å². The van der Waals surface area contributed by atoms with E-state index in [-0.39, 0.29) is 5.91 Å². The summed E-state index contributed by atoms with van der Waals surface area (Å²) in [4.78, 5) is 15.4. The molecule has 5 heteroatoms. The van der Waals surface area contributed by atoms with Crippen LogP contribution in [0.15, 0.2) is 41.8 Å². The summed E-state index contributed by atoms with van der Waals surface area (Å²) < 4.78 is 0. The molecule has 0 aliphatic rings. The van der Waals surface area contributed by atoms with Gasteiger partial charge in [-0.2, -0.15) is 0 Å². The molecule has 1 aromatic heterocycles. The molecule has 1 heterocycles. The van der Waals surface area contributed by atoms with Crippen LogP contribution in [0, 0.1) is 0 Å². The van der Waals surface area contributed by atoms with Crippen molar-refractivity contribution < 1.29 is 4.79 Å². The minimum atomic E-state index is 0.158. The van der Waals surface area contributed by atoms with Crippen molar-refractivity contribution in [3.63, 3.8) is 0 Å². The summed E-state index contributed by atoms with van der Waals surface area (Å²) in [6, 6.07) is 12.1. The van der Waals surface area contributed by atoms with Crippen LogP contribution >= 0.6 is 22.9 Å². The normalized spacial score (nSPS) is 10.6. The molecule has 0 atom stereocenters. The average molecular weight is 337 g/mol. The molecule has 0 spiro atoms. The molecule has 22 heavy (non-hydrogen) atoms. The maximum atomic E-state index is 12.4. The zero-order valence-electron chi connectivity index (χ0n) is 12.5. The Labute approximate surface area is 140 Å². The molecular weight excluding hydrogens is 316 g/mol. The zero-order valence-corrected chi connectivity index (χ0v) is 14.1. The minimum absolute atomic E-state index is 0.158. The number of hydrogen-bond donors (Lipinski definition) is 1. The van der Waals surface area contributed by atoms with Gasteiger partial charge in [0.05, 0.1) is 5.02 Å². The van der Waals surface area contributed by atoms with Crippen LogP contribution in [0.3, 0.4) is 0 Å². The van der Waals surface area contributed by atoms with Crippen molar-refractivity contribution in [2.75, 3.05) is 19.6 Å². The van der Waals surface area contributed by atoms with Gasteiger partial charge in [0.15, 0.2) is 0 Å². The first-order valence-electron chi connectivity index (χ1n) is 7.43. The van der Waals surface area contributed by atoms with Gasteiger partial charge in [-0.3, -0.25) is 4.79 Å². The van der Waals surface area contributed by atoms with Gasteiger partial charge in [-0.15, -0.1) is 11.3 Å². The molecule has 0 saturated carbocycles. The Morgan fingerprint density at radius 3 is 2.59 bits per heavy atom. The molecule has 0 bridgehead atoms. The van der Waals surface area contributed by atoms with E-state index in [0.29, 0.717) is 26.1 Å². The Hall–Kier alpha value is -1.36. The van der Waals surface area contributed by atoms with Gasteiger partial charge in [0.2, 0.25) is 5.91 Å². The lowest BCUT2D eigenvalue weighted by atomic mass is 10.1. The first-order valence-corrected chi connectivity index (χ1v) is 8.69. The number of nitrogens with two attached hydrogens (primary N) is 1. The Morgan fingerprint density at radius 1 is 1.18 bits per heavy atom. The molecule has 0 radical (unpaired) electrons. The van der Waals surface area contributed by atoms with E-state index in [0.717, 1.165) is 22.7 Å². The molecule has 0 aliphatic heterocycles. The van der Waals surface area contributed by atoms with Crippen LogP contribution in [0.5, 0.6) is 0 Å². The summed E-state index contributed by atoms with van der Waals surface area (Å²) >= 11 is 7.50. The Bertz CT molecular complexity index is 585. The summed E-state index contributed by atoms with van der Waals surface area (Å²) in [6.07, 6.45) is 2.10. The Morgan fingerprint density at radius 2 is 1.95 bits per heavy atom. The van der Waals surface area contributed by atoms with Crippen molar-refractivity contribution in [3.05, 3.63) is 57.2 Å². The van der Waals surface area contributed by atoms with Crippen molar-refractivity contribution in [1.82, 2.24) is 4.90 Å². The van der Waals surface area contributed by atoms with E-state index >= 15 is 0 Å². The van der Waals surface area contributed by atoms with Gasteiger partial charge in [-0.1, -0.05) is 41.9 Å². The van der Waals surface area contributed by atoms with E-state index in [2.05, 4.69) is 12.1 Å². The number of rotatable bonds is 8. The van der Waals surface area contributed by atoms with Gasteiger partial charge in [0, 0.05) is 36.3 Å². The van der Waals surface area contributed by atoms with E-state index in [4.69, 9.17) is 17.3 Å². The lowest BCUT2D eigenvalue weighted by molar-refractivity contribution is -0.131.